The lowest BCUT2D eigenvalue weighted by atomic mass is 9.95. The molecule has 1 heterocycles. The first-order valence-corrected chi connectivity index (χ1v) is 8.36. The highest BCUT2D eigenvalue weighted by atomic mass is 16.1. The second kappa shape index (κ2) is 7.77. The number of hydrogen-bond donors (Lipinski definition) is 2. The highest BCUT2D eigenvalue weighted by Crippen LogP contribution is 2.18. The first kappa shape index (κ1) is 15.5. The Labute approximate surface area is 137 Å². The Balaban J connectivity index is 1.59. The fourth-order valence-corrected chi connectivity index (χ4v) is 2.98. The van der Waals surface area contributed by atoms with Crippen LogP contribution < -0.4 is 10.6 Å². The highest BCUT2D eigenvalue weighted by Gasteiger charge is 2.16. The van der Waals surface area contributed by atoms with Crippen LogP contribution >= 0.6 is 0 Å². The predicted octanol–water partition coefficient (Wildman–Crippen LogP) is 3.76. The molecular formula is C19H23N3O. The van der Waals surface area contributed by atoms with Gasteiger partial charge in [0.1, 0.15) is 0 Å². The lowest BCUT2D eigenvalue weighted by Gasteiger charge is -2.22. The van der Waals surface area contributed by atoms with Crippen molar-refractivity contribution >= 4 is 11.6 Å². The molecule has 1 aliphatic carbocycles. The van der Waals surface area contributed by atoms with Crippen LogP contribution in [0.3, 0.4) is 0 Å². The average Bonchev–Trinajstić information content (AvgIpc) is 2.62. The maximum Gasteiger partial charge on any atom is 0.251 e. The van der Waals surface area contributed by atoms with Gasteiger partial charge in [0.15, 0.2) is 0 Å². The molecule has 0 radical (unpaired) electrons. The van der Waals surface area contributed by atoms with Crippen molar-refractivity contribution in [1.82, 2.24) is 10.3 Å². The van der Waals surface area contributed by atoms with Gasteiger partial charge < -0.3 is 10.6 Å². The van der Waals surface area contributed by atoms with Crippen LogP contribution in [0.15, 0.2) is 48.7 Å². The Kier molecular flexibility index (Phi) is 5.25. The summed E-state index contributed by atoms with van der Waals surface area (Å²) in [6.07, 6.45) is 7.71. The summed E-state index contributed by atoms with van der Waals surface area (Å²) in [6, 6.07) is 13.8. The molecule has 0 aliphatic heterocycles. The monoisotopic (exact) mass is 309 g/mol. The topological polar surface area (TPSA) is 54.0 Å². The molecule has 2 aromatic rings. The molecule has 1 aliphatic rings. The minimum atomic E-state index is 0.0263. The number of benzene rings is 1. The van der Waals surface area contributed by atoms with Crippen molar-refractivity contribution in [2.24, 2.45) is 0 Å². The normalized spacial score (nSPS) is 15.1. The molecule has 0 unspecified atom stereocenters. The van der Waals surface area contributed by atoms with Crippen LogP contribution in [-0.2, 0) is 6.54 Å². The summed E-state index contributed by atoms with van der Waals surface area (Å²) in [5, 5.41) is 6.47. The molecule has 1 saturated carbocycles. The molecule has 0 spiro atoms. The van der Waals surface area contributed by atoms with Gasteiger partial charge in [-0.25, -0.2) is 0 Å². The number of nitrogens with one attached hydrogen (secondary N) is 2. The van der Waals surface area contributed by atoms with E-state index in [4.69, 9.17) is 0 Å². The van der Waals surface area contributed by atoms with E-state index >= 15 is 0 Å². The molecule has 120 valence electrons. The first-order valence-electron chi connectivity index (χ1n) is 8.36. The van der Waals surface area contributed by atoms with E-state index in [-0.39, 0.29) is 5.91 Å². The number of nitrogens with zero attached hydrogens (tertiary/aromatic N) is 1. The molecule has 0 bridgehead atoms. The van der Waals surface area contributed by atoms with E-state index in [1.807, 2.05) is 42.5 Å². The van der Waals surface area contributed by atoms with Crippen LogP contribution in [-0.4, -0.2) is 16.9 Å². The van der Waals surface area contributed by atoms with Crippen molar-refractivity contribution in [3.63, 3.8) is 0 Å². The molecule has 0 atom stereocenters. The fourth-order valence-electron chi connectivity index (χ4n) is 2.98. The average molecular weight is 309 g/mol. The molecule has 1 amide bonds. The van der Waals surface area contributed by atoms with Gasteiger partial charge in [-0.1, -0.05) is 31.4 Å². The third-order valence-corrected chi connectivity index (χ3v) is 4.26. The minimum Gasteiger partial charge on any atom is -0.379 e. The van der Waals surface area contributed by atoms with E-state index in [2.05, 4.69) is 15.6 Å². The molecule has 23 heavy (non-hydrogen) atoms. The van der Waals surface area contributed by atoms with Crippen molar-refractivity contribution in [3.05, 3.63) is 59.9 Å². The van der Waals surface area contributed by atoms with Gasteiger partial charge in [-0.05, 0) is 43.2 Å². The SMILES string of the molecule is O=C(NC1CCCCC1)c1cccc(NCc2ccccn2)c1. The molecule has 1 aromatic heterocycles. The van der Waals surface area contributed by atoms with Crippen LogP contribution in [0, 0.1) is 0 Å². The summed E-state index contributed by atoms with van der Waals surface area (Å²) in [6.45, 7) is 0.647. The molecule has 3 rings (SSSR count). The van der Waals surface area contributed by atoms with Gasteiger partial charge in [0, 0.05) is 23.5 Å². The standard InChI is InChI=1S/C19H23N3O/c23-19(22-16-8-2-1-3-9-16)15-7-6-11-17(13-15)21-14-18-10-4-5-12-20-18/h4-7,10-13,16,21H,1-3,8-9,14H2,(H,22,23). The molecule has 2 N–H and O–H groups in total. The largest absolute Gasteiger partial charge is 0.379 e. The summed E-state index contributed by atoms with van der Waals surface area (Å²) < 4.78 is 0. The first-order chi connectivity index (χ1) is 11.3. The lowest BCUT2D eigenvalue weighted by Crippen LogP contribution is -2.36. The Morgan fingerprint density at radius 3 is 2.74 bits per heavy atom. The Hall–Kier alpha value is -2.36. The Bertz CT molecular complexity index is 636. The number of anilines is 1. The van der Waals surface area contributed by atoms with E-state index in [0.717, 1.165) is 24.2 Å². The Morgan fingerprint density at radius 1 is 1.09 bits per heavy atom. The van der Waals surface area contributed by atoms with E-state index < -0.39 is 0 Å². The van der Waals surface area contributed by atoms with Crippen molar-refractivity contribution in [2.75, 3.05) is 5.32 Å². The van der Waals surface area contributed by atoms with Gasteiger partial charge >= 0.3 is 0 Å². The highest BCUT2D eigenvalue weighted by molar-refractivity contribution is 5.95. The van der Waals surface area contributed by atoms with Gasteiger partial charge in [0.25, 0.3) is 5.91 Å². The zero-order valence-corrected chi connectivity index (χ0v) is 13.3. The van der Waals surface area contributed by atoms with Gasteiger partial charge in [0.2, 0.25) is 0 Å². The molecule has 1 aromatic carbocycles. The van der Waals surface area contributed by atoms with Crippen LogP contribution in [0.25, 0.3) is 0 Å². The minimum absolute atomic E-state index is 0.0263. The zero-order chi connectivity index (χ0) is 15.9. The molecule has 4 heteroatoms. The van der Waals surface area contributed by atoms with Crippen LogP contribution in [0.2, 0.25) is 0 Å². The summed E-state index contributed by atoms with van der Waals surface area (Å²) >= 11 is 0. The van der Waals surface area contributed by atoms with E-state index in [1.54, 1.807) is 6.20 Å². The summed E-state index contributed by atoms with van der Waals surface area (Å²) in [4.78, 5) is 16.7. The van der Waals surface area contributed by atoms with Crippen molar-refractivity contribution in [3.8, 4) is 0 Å². The summed E-state index contributed by atoms with van der Waals surface area (Å²) in [7, 11) is 0. The lowest BCUT2D eigenvalue weighted by molar-refractivity contribution is 0.0928. The molecule has 0 saturated heterocycles. The molecule has 4 nitrogen and oxygen atoms in total. The van der Waals surface area contributed by atoms with Crippen LogP contribution in [0.4, 0.5) is 5.69 Å². The van der Waals surface area contributed by atoms with Gasteiger partial charge in [-0.2, -0.15) is 0 Å². The smallest absolute Gasteiger partial charge is 0.251 e. The van der Waals surface area contributed by atoms with Crippen molar-refractivity contribution < 1.29 is 4.79 Å². The quantitative estimate of drug-likeness (QED) is 0.884. The van der Waals surface area contributed by atoms with E-state index in [1.165, 1.54) is 19.3 Å². The summed E-state index contributed by atoms with van der Waals surface area (Å²) in [5.74, 6) is 0.0263. The fraction of sp³-hybridized carbons (Fsp3) is 0.368. The predicted molar refractivity (Wildman–Crippen MR) is 92.3 cm³/mol. The number of amides is 1. The number of aromatic nitrogens is 1. The number of pyridine rings is 1. The van der Waals surface area contributed by atoms with Gasteiger partial charge in [-0.15, -0.1) is 0 Å². The summed E-state index contributed by atoms with van der Waals surface area (Å²) in [5.41, 5.74) is 2.62. The zero-order valence-electron chi connectivity index (χ0n) is 13.3. The maximum absolute atomic E-state index is 12.4. The van der Waals surface area contributed by atoms with E-state index in [9.17, 15) is 4.79 Å². The van der Waals surface area contributed by atoms with E-state index in [0.29, 0.717) is 18.2 Å². The van der Waals surface area contributed by atoms with Crippen molar-refractivity contribution in [2.45, 2.75) is 44.7 Å². The number of carbonyl (C=O) groups excluding carboxylic acids is 1. The van der Waals surface area contributed by atoms with Crippen molar-refractivity contribution in [1.29, 1.82) is 0 Å². The third kappa shape index (κ3) is 4.55. The molecular weight excluding hydrogens is 286 g/mol. The third-order valence-electron chi connectivity index (χ3n) is 4.26. The van der Waals surface area contributed by atoms with Gasteiger partial charge in [0.05, 0.1) is 12.2 Å². The number of hydrogen-bond acceptors (Lipinski definition) is 3. The second-order valence-electron chi connectivity index (χ2n) is 6.06. The van der Waals surface area contributed by atoms with Gasteiger partial charge in [-0.3, -0.25) is 9.78 Å². The van der Waals surface area contributed by atoms with Crippen LogP contribution in [0.5, 0.6) is 0 Å². The number of rotatable bonds is 5. The molecule has 1 fully saturated rings. The van der Waals surface area contributed by atoms with Crippen LogP contribution in [0.1, 0.15) is 48.2 Å². The second-order valence-corrected chi connectivity index (χ2v) is 6.06. The Morgan fingerprint density at radius 2 is 1.96 bits per heavy atom. The number of carbonyl (C=O) groups is 1. The maximum atomic E-state index is 12.4.